The topological polar surface area (TPSA) is 50.4 Å². The van der Waals surface area contributed by atoms with E-state index in [9.17, 15) is 4.79 Å². The van der Waals surface area contributed by atoms with Gasteiger partial charge in [0.05, 0.1) is 12.2 Å². The van der Waals surface area contributed by atoms with Gasteiger partial charge in [-0.25, -0.2) is 0 Å². The summed E-state index contributed by atoms with van der Waals surface area (Å²) in [7, 11) is 0. The fraction of sp³-hybridized carbons (Fsp3) is 0.731. The summed E-state index contributed by atoms with van der Waals surface area (Å²) in [4.78, 5) is 12.5. The van der Waals surface area contributed by atoms with E-state index in [1.807, 2.05) is 24.3 Å². The van der Waals surface area contributed by atoms with Crippen LogP contribution in [-0.2, 0) is 0 Å². The quantitative estimate of drug-likeness (QED) is 0.501. The highest BCUT2D eigenvalue weighted by Crippen LogP contribution is 2.59. The lowest BCUT2D eigenvalue weighted by Crippen LogP contribution is -2.50. The van der Waals surface area contributed by atoms with Crippen LogP contribution in [0.4, 0.5) is 0 Å². The van der Waals surface area contributed by atoms with E-state index in [0.717, 1.165) is 37.1 Å². The van der Waals surface area contributed by atoms with E-state index in [2.05, 4.69) is 24.5 Å². The molecule has 4 aliphatic rings. The van der Waals surface area contributed by atoms with Gasteiger partial charge in [-0.2, -0.15) is 0 Å². The van der Waals surface area contributed by atoms with Crippen molar-refractivity contribution in [3.05, 3.63) is 29.8 Å². The molecule has 4 nitrogen and oxygen atoms in total. The molecule has 4 saturated carbocycles. The SMILES string of the molecule is CC(C)CCNC(=O)c1ccccc1OCCCNCC12CC3CC(CC(C3)C1)C2. The highest BCUT2D eigenvalue weighted by atomic mass is 16.5. The Morgan fingerprint density at radius 3 is 2.40 bits per heavy atom. The molecule has 0 aliphatic heterocycles. The van der Waals surface area contributed by atoms with Crippen molar-refractivity contribution in [1.82, 2.24) is 10.6 Å². The third kappa shape index (κ3) is 5.38. The van der Waals surface area contributed by atoms with E-state index in [-0.39, 0.29) is 5.91 Å². The summed E-state index contributed by atoms with van der Waals surface area (Å²) in [6.45, 7) is 7.86. The largest absolute Gasteiger partial charge is 0.493 e. The number of rotatable bonds is 11. The van der Waals surface area contributed by atoms with Gasteiger partial charge in [-0.1, -0.05) is 26.0 Å². The Hall–Kier alpha value is -1.55. The summed E-state index contributed by atoms with van der Waals surface area (Å²) in [5.74, 6) is 4.30. The van der Waals surface area contributed by atoms with E-state index < -0.39 is 0 Å². The molecule has 0 spiro atoms. The minimum absolute atomic E-state index is 0.0359. The minimum atomic E-state index is -0.0359. The average molecular weight is 413 g/mol. The van der Waals surface area contributed by atoms with Gasteiger partial charge in [0.2, 0.25) is 0 Å². The number of carbonyl (C=O) groups excluding carboxylic acids is 1. The van der Waals surface area contributed by atoms with Crippen LogP contribution < -0.4 is 15.4 Å². The minimum Gasteiger partial charge on any atom is -0.493 e. The lowest BCUT2D eigenvalue weighted by Gasteiger charge is -2.57. The molecule has 0 radical (unpaired) electrons. The van der Waals surface area contributed by atoms with Crippen molar-refractivity contribution in [2.24, 2.45) is 29.1 Å². The molecule has 0 unspecified atom stereocenters. The van der Waals surface area contributed by atoms with Crippen LogP contribution in [0, 0.1) is 29.1 Å². The van der Waals surface area contributed by atoms with Crippen molar-refractivity contribution in [3.63, 3.8) is 0 Å². The van der Waals surface area contributed by atoms with Crippen LogP contribution in [0.2, 0.25) is 0 Å². The Morgan fingerprint density at radius 2 is 1.73 bits per heavy atom. The lowest BCUT2D eigenvalue weighted by molar-refractivity contribution is -0.0512. The fourth-order valence-corrected chi connectivity index (χ4v) is 6.59. The molecule has 30 heavy (non-hydrogen) atoms. The van der Waals surface area contributed by atoms with Gasteiger partial charge in [-0.15, -0.1) is 0 Å². The molecular weight excluding hydrogens is 372 g/mol. The van der Waals surface area contributed by atoms with Gasteiger partial charge in [0.15, 0.2) is 0 Å². The Labute approximate surface area is 182 Å². The molecule has 4 fully saturated rings. The van der Waals surface area contributed by atoms with Crippen molar-refractivity contribution in [2.75, 3.05) is 26.2 Å². The molecule has 5 rings (SSSR count). The zero-order valence-electron chi connectivity index (χ0n) is 18.9. The summed E-state index contributed by atoms with van der Waals surface area (Å²) in [5, 5.41) is 6.76. The molecule has 0 aromatic heterocycles. The highest BCUT2D eigenvalue weighted by Gasteiger charge is 2.50. The van der Waals surface area contributed by atoms with Gasteiger partial charge >= 0.3 is 0 Å². The van der Waals surface area contributed by atoms with E-state index in [4.69, 9.17) is 4.74 Å². The van der Waals surface area contributed by atoms with E-state index in [0.29, 0.717) is 35.8 Å². The first kappa shape index (κ1) is 21.7. The average Bonchev–Trinajstić information content (AvgIpc) is 2.69. The van der Waals surface area contributed by atoms with Crippen LogP contribution in [0.3, 0.4) is 0 Å². The predicted molar refractivity (Wildman–Crippen MR) is 122 cm³/mol. The van der Waals surface area contributed by atoms with Gasteiger partial charge in [-0.3, -0.25) is 4.79 Å². The first-order valence-electron chi connectivity index (χ1n) is 12.2. The van der Waals surface area contributed by atoms with Gasteiger partial charge in [-0.05, 0) is 99.1 Å². The first-order chi connectivity index (χ1) is 14.5. The molecule has 166 valence electrons. The first-order valence-corrected chi connectivity index (χ1v) is 12.2. The summed E-state index contributed by atoms with van der Waals surface area (Å²) in [6, 6.07) is 7.59. The van der Waals surface area contributed by atoms with Crippen molar-refractivity contribution in [3.8, 4) is 5.75 Å². The predicted octanol–water partition coefficient (Wildman–Crippen LogP) is 5.04. The molecule has 4 heteroatoms. The van der Waals surface area contributed by atoms with E-state index in [1.54, 1.807) is 0 Å². The van der Waals surface area contributed by atoms with Crippen LogP contribution in [0.25, 0.3) is 0 Å². The number of hydrogen-bond acceptors (Lipinski definition) is 3. The standard InChI is InChI=1S/C26H40N2O2/c1-19(2)8-10-28-25(29)23-6-3-4-7-24(23)30-11-5-9-27-18-26-15-20-12-21(16-26)14-22(13-20)17-26/h3-4,6-7,19-22,27H,5,8-18H2,1-2H3,(H,28,29). The van der Waals surface area contributed by atoms with Crippen LogP contribution in [0.1, 0.15) is 75.6 Å². The molecule has 4 aliphatic carbocycles. The Morgan fingerprint density at radius 1 is 1.07 bits per heavy atom. The Balaban J connectivity index is 1.17. The number of carbonyl (C=O) groups is 1. The second kappa shape index (κ2) is 9.72. The Bertz CT molecular complexity index is 679. The molecule has 1 amide bonds. The zero-order valence-corrected chi connectivity index (χ0v) is 18.9. The second-order valence-corrected chi connectivity index (χ2v) is 10.7. The summed E-state index contributed by atoms with van der Waals surface area (Å²) < 4.78 is 5.98. The third-order valence-electron chi connectivity index (χ3n) is 7.56. The Kier molecular flexibility index (Phi) is 7.02. The number of hydrogen-bond donors (Lipinski definition) is 2. The van der Waals surface area contributed by atoms with Crippen LogP contribution in [-0.4, -0.2) is 32.1 Å². The monoisotopic (exact) mass is 412 g/mol. The molecule has 0 heterocycles. The molecular formula is C26H40N2O2. The van der Waals surface area contributed by atoms with Gasteiger partial charge in [0.1, 0.15) is 5.75 Å². The van der Waals surface area contributed by atoms with Gasteiger partial charge < -0.3 is 15.4 Å². The maximum Gasteiger partial charge on any atom is 0.255 e. The van der Waals surface area contributed by atoms with Gasteiger partial charge in [0.25, 0.3) is 5.91 Å². The molecule has 1 aromatic carbocycles. The summed E-state index contributed by atoms with van der Waals surface area (Å²) in [6.07, 6.45) is 10.9. The fourth-order valence-electron chi connectivity index (χ4n) is 6.59. The number of para-hydroxylation sites is 1. The van der Waals surface area contributed by atoms with Crippen LogP contribution in [0.5, 0.6) is 5.75 Å². The van der Waals surface area contributed by atoms with Crippen LogP contribution in [0.15, 0.2) is 24.3 Å². The molecule has 1 aromatic rings. The van der Waals surface area contributed by atoms with Crippen molar-refractivity contribution < 1.29 is 9.53 Å². The number of ether oxygens (including phenoxy) is 1. The maximum atomic E-state index is 12.5. The van der Waals surface area contributed by atoms with Gasteiger partial charge in [0, 0.05) is 13.1 Å². The maximum absolute atomic E-state index is 12.5. The molecule has 2 N–H and O–H groups in total. The smallest absolute Gasteiger partial charge is 0.255 e. The third-order valence-corrected chi connectivity index (χ3v) is 7.56. The number of benzene rings is 1. The van der Waals surface area contributed by atoms with E-state index >= 15 is 0 Å². The lowest BCUT2D eigenvalue weighted by atomic mass is 9.49. The van der Waals surface area contributed by atoms with Crippen LogP contribution >= 0.6 is 0 Å². The molecule has 0 atom stereocenters. The zero-order chi connectivity index (χ0) is 21.0. The number of amides is 1. The summed E-state index contributed by atoms with van der Waals surface area (Å²) in [5.41, 5.74) is 1.23. The highest BCUT2D eigenvalue weighted by molar-refractivity contribution is 5.96. The summed E-state index contributed by atoms with van der Waals surface area (Å²) >= 11 is 0. The van der Waals surface area contributed by atoms with E-state index in [1.165, 1.54) is 45.1 Å². The van der Waals surface area contributed by atoms with Crippen molar-refractivity contribution in [2.45, 2.75) is 65.2 Å². The van der Waals surface area contributed by atoms with Crippen molar-refractivity contribution >= 4 is 5.91 Å². The second-order valence-electron chi connectivity index (χ2n) is 10.7. The number of nitrogens with one attached hydrogen (secondary N) is 2. The normalized spacial score (nSPS) is 29.4. The van der Waals surface area contributed by atoms with Crippen molar-refractivity contribution in [1.29, 1.82) is 0 Å². The molecule has 4 bridgehead atoms. The molecule has 0 saturated heterocycles.